The first-order valence-electron chi connectivity index (χ1n) is 10.8. The maximum Gasteiger partial charge on any atom is 0.329 e. The zero-order chi connectivity index (χ0) is 24.9. The van der Waals surface area contributed by atoms with Gasteiger partial charge >= 0.3 is 6.03 Å². The Hall–Kier alpha value is -3.36. The molecule has 1 N–H and O–H groups in total. The lowest BCUT2D eigenvalue weighted by atomic mass is 10.1. The molecule has 9 heteroatoms. The van der Waals surface area contributed by atoms with E-state index in [1.54, 1.807) is 24.3 Å². The molecule has 1 saturated heterocycles. The second kappa shape index (κ2) is 10.9. The van der Waals surface area contributed by atoms with Crippen molar-refractivity contribution < 1.29 is 23.5 Å². The summed E-state index contributed by atoms with van der Waals surface area (Å²) in [7, 11) is 0. The lowest BCUT2D eigenvalue weighted by Crippen LogP contribution is -2.30. The van der Waals surface area contributed by atoms with Crippen molar-refractivity contribution >= 4 is 45.5 Å². The van der Waals surface area contributed by atoms with Gasteiger partial charge in [-0.2, -0.15) is 0 Å². The molecule has 3 amide bonds. The highest BCUT2D eigenvalue weighted by Crippen LogP contribution is 2.38. The van der Waals surface area contributed by atoms with Gasteiger partial charge in [0.15, 0.2) is 11.5 Å². The molecule has 0 aliphatic carbocycles. The lowest BCUT2D eigenvalue weighted by Gasteiger charge is -2.15. The monoisotopic (exact) mass is 558 g/mol. The zero-order valence-electron chi connectivity index (χ0n) is 18.7. The summed E-state index contributed by atoms with van der Waals surface area (Å²) in [4.78, 5) is 26.3. The van der Waals surface area contributed by atoms with E-state index < -0.39 is 11.9 Å². The van der Waals surface area contributed by atoms with E-state index in [0.29, 0.717) is 38.7 Å². The first-order chi connectivity index (χ1) is 16.9. The van der Waals surface area contributed by atoms with Crippen LogP contribution >= 0.6 is 27.5 Å². The molecule has 180 valence electrons. The number of benzene rings is 3. The Kier molecular flexibility index (Phi) is 7.73. The van der Waals surface area contributed by atoms with Crippen LogP contribution in [-0.4, -0.2) is 23.4 Å². The normalized spacial score (nSPS) is 14.4. The Morgan fingerprint density at radius 2 is 1.83 bits per heavy atom. The largest absolute Gasteiger partial charge is 0.490 e. The van der Waals surface area contributed by atoms with Gasteiger partial charge in [-0.25, -0.2) is 9.18 Å². The van der Waals surface area contributed by atoms with Crippen LogP contribution in [0.1, 0.15) is 23.6 Å². The molecular formula is C26H21BrClFN2O4. The highest BCUT2D eigenvalue weighted by Gasteiger charge is 2.33. The molecule has 0 atom stereocenters. The predicted molar refractivity (Wildman–Crippen MR) is 135 cm³/mol. The van der Waals surface area contributed by atoms with E-state index in [1.807, 2.05) is 25.1 Å². The third-order valence-corrected chi connectivity index (χ3v) is 6.15. The van der Waals surface area contributed by atoms with Gasteiger partial charge in [-0.3, -0.25) is 9.69 Å². The number of hydrogen-bond donors (Lipinski definition) is 1. The first kappa shape index (κ1) is 24.8. The van der Waals surface area contributed by atoms with Gasteiger partial charge in [0.2, 0.25) is 0 Å². The van der Waals surface area contributed by atoms with Gasteiger partial charge in [-0.15, -0.1) is 0 Å². The number of rotatable bonds is 8. The highest BCUT2D eigenvalue weighted by atomic mass is 79.9. The van der Waals surface area contributed by atoms with Crippen molar-refractivity contribution in [3.8, 4) is 11.5 Å². The van der Waals surface area contributed by atoms with Crippen molar-refractivity contribution in [2.75, 3.05) is 6.61 Å². The fourth-order valence-corrected chi connectivity index (χ4v) is 4.26. The Balaban J connectivity index is 1.55. The molecule has 0 radical (unpaired) electrons. The Morgan fingerprint density at radius 3 is 2.54 bits per heavy atom. The summed E-state index contributed by atoms with van der Waals surface area (Å²) in [5.74, 6) is 0.100. The molecule has 1 heterocycles. The topological polar surface area (TPSA) is 67.9 Å². The van der Waals surface area contributed by atoms with Crippen LogP contribution in [0.15, 0.2) is 70.8 Å². The van der Waals surface area contributed by atoms with E-state index in [4.69, 9.17) is 21.1 Å². The van der Waals surface area contributed by atoms with Crippen molar-refractivity contribution in [2.24, 2.45) is 0 Å². The number of imide groups is 1. The third-order valence-electron chi connectivity index (χ3n) is 5.19. The Labute approximate surface area is 215 Å². The molecule has 3 aromatic rings. The van der Waals surface area contributed by atoms with Crippen molar-refractivity contribution in [1.29, 1.82) is 0 Å². The summed E-state index contributed by atoms with van der Waals surface area (Å²) in [6, 6.07) is 16.0. The van der Waals surface area contributed by atoms with Crippen LogP contribution in [0.3, 0.4) is 0 Å². The molecule has 0 aromatic heterocycles. The molecule has 4 rings (SSSR count). The quantitative estimate of drug-likeness (QED) is 0.259. The molecule has 0 spiro atoms. The van der Waals surface area contributed by atoms with Crippen LogP contribution in [0.25, 0.3) is 6.08 Å². The van der Waals surface area contributed by atoms with E-state index >= 15 is 0 Å². The summed E-state index contributed by atoms with van der Waals surface area (Å²) in [5, 5.41) is 3.20. The van der Waals surface area contributed by atoms with Crippen LogP contribution in [0.5, 0.6) is 11.5 Å². The molecule has 35 heavy (non-hydrogen) atoms. The Bertz CT molecular complexity index is 1300. The van der Waals surface area contributed by atoms with Gasteiger partial charge < -0.3 is 14.8 Å². The molecule has 0 unspecified atom stereocenters. The fraction of sp³-hybridized carbons (Fsp3) is 0.154. The lowest BCUT2D eigenvalue weighted by molar-refractivity contribution is -0.123. The van der Waals surface area contributed by atoms with Gasteiger partial charge in [0, 0.05) is 10.6 Å². The third kappa shape index (κ3) is 5.83. The van der Waals surface area contributed by atoms with E-state index in [2.05, 4.69) is 21.2 Å². The minimum atomic E-state index is -0.547. The predicted octanol–water partition coefficient (Wildman–Crippen LogP) is 6.31. The van der Waals surface area contributed by atoms with Crippen LogP contribution in [0.4, 0.5) is 9.18 Å². The van der Waals surface area contributed by atoms with E-state index in [1.165, 1.54) is 24.3 Å². The minimum Gasteiger partial charge on any atom is -0.490 e. The van der Waals surface area contributed by atoms with Gasteiger partial charge in [0.25, 0.3) is 5.91 Å². The summed E-state index contributed by atoms with van der Waals surface area (Å²) >= 11 is 9.75. The van der Waals surface area contributed by atoms with Crippen LogP contribution < -0.4 is 14.8 Å². The van der Waals surface area contributed by atoms with Crippen molar-refractivity contribution in [1.82, 2.24) is 10.2 Å². The smallest absolute Gasteiger partial charge is 0.329 e. The maximum absolute atomic E-state index is 13.2. The van der Waals surface area contributed by atoms with Crippen molar-refractivity contribution in [2.45, 2.75) is 20.1 Å². The summed E-state index contributed by atoms with van der Waals surface area (Å²) in [5.41, 5.74) is 2.21. The minimum absolute atomic E-state index is 0.0327. The molecule has 1 aliphatic rings. The standard InChI is InChI=1S/C26H21BrClFN2O4/c1-2-34-23-13-17(11-20(27)24(23)35-15-18-5-3-4-6-21(18)28)12-22-25(32)31(26(33)30-22)14-16-7-9-19(29)10-8-16/h3-13H,2,14-15H2,1H3,(H,30,33)/b22-12+. The summed E-state index contributed by atoms with van der Waals surface area (Å²) in [6.07, 6.45) is 1.57. The average molecular weight is 560 g/mol. The number of halogens is 3. The number of nitrogens with one attached hydrogen (secondary N) is 1. The van der Waals surface area contributed by atoms with Gasteiger partial charge in [0.05, 0.1) is 17.6 Å². The first-order valence-corrected chi connectivity index (χ1v) is 11.9. The Morgan fingerprint density at radius 1 is 1.09 bits per heavy atom. The average Bonchev–Trinajstić information content (AvgIpc) is 3.08. The number of nitrogens with zero attached hydrogens (tertiary/aromatic N) is 1. The number of amides is 3. The second-order valence-corrected chi connectivity index (χ2v) is 8.91. The molecule has 6 nitrogen and oxygen atoms in total. The van der Waals surface area contributed by atoms with Crippen LogP contribution in [0.2, 0.25) is 5.02 Å². The number of carbonyl (C=O) groups is 2. The van der Waals surface area contributed by atoms with E-state index in [9.17, 15) is 14.0 Å². The van der Waals surface area contributed by atoms with Gasteiger partial charge in [-0.1, -0.05) is 41.9 Å². The molecule has 0 saturated carbocycles. The fourth-order valence-electron chi connectivity index (χ4n) is 3.49. The van der Waals surface area contributed by atoms with Gasteiger partial charge in [0.1, 0.15) is 18.1 Å². The van der Waals surface area contributed by atoms with Gasteiger partial charge in [-0.05, 0) is 70.4 Å². The summed E-state index contributed by atoms with van der Waals surface area (Å²) in [6.45, 7) is 2.53. The molecule has 1 fully saturated rings. The second-order valence-electron chi connectivity index (χ2n) is 7.65. The van der Waals surface area contributed by atoms with E-state index in [0.717, 1.165) is 10.5 Å². The number of ether oxygens (including phenoxy) is 2. The van der Waals surface area contributed by atoms with Crippen molar-refractivity contribution in [3.63, 3.8) is 0 Å². The van der Waals surface area contributed by atoms with E-state index in [-0.39, 0.29) is 24.7 Å². The molecule has 0 bridgehead atoms. The number of carbonyl (C=O) groups excluding carboxylic acids is 2. The SMILES string of the molecule is CCOc1cc(/C=C2/NC(=O)N(Cc3ccc(F)cc3)C2=O)cc(Br)c1OCc1ccccc1Cl. The number of hydrogen-bond acceptors (Lipinski definition) is 4. The molecule has 3 aromatic carbocycles. The zero-order valence-corrected chi connectivity index (χ0v) is 21.0. The molecule has 1 aliphatic heterocycles. The van der Waals surface area contributed by atoms with Crippen molar-refractivity contribution in [3.05, 3.63) is 98.4 Å². The highest BCUT2D eigenvalue weighted by molar-refractivity contribution is 9.10. The van der Waals surface area contributed by atoms with Crippen LogP contribution in [0, 0.1) is 5.82 Å². The molecular weight excluding hydrogens is 539 g/mol. The number of urea groups is 1. The maximum atomic E-state index is 13.2. The summed E-state index contributed by atoms with van der Waals surface area (Å²) < 4.78 is 25.5. The van der Waals surface area contributed by atoms with Crippen LogP contribution in [-0.2, 0) is 17.9 Å².